The van der Waals surface area contributed by atoms with Crippen molar-refractivity contribution < 1.29 is 14.5 Å². The first kappa shape index (κ1) is 19.9. The van der Waals surface area contributed by atoms with Gasteiger partial charge in [0.15, 0.2) is 0 Å². The second kappa shape index (κ2) is 6.61. The van der Waals surface area contributed by atoms with E-state index in [1.807, 2.05) is 24.3 Å². The van der Waals surface area contributed by atoms with E-state index in [0.717, 1.165) is 22.3 Å². The summed E-state index contributed by atoms with van der Waals surface area (Å²) in [4.78, 5) is 40.2. The second-order valence-corrected chi connectivity index (χ2v) is 9.22. The lowest BCUT2D eigenvalue weighted by Crippen LogP contribution is -2.53. The molecule has 0 aromatic heterocycles. The Hall–Kier alpha value is -3.80. The van der Waals surface area contributed by atoms with E-state index in [-0.39, 0.29) is 23.4 Å². The summed E-state index contributed by atoms with van der Waals surface area (Å²) < 4.78 is 0. The molecule has 1 heterocycles. The van der Waals surface area contributed by atoms with Gasteiger partial charge in [0.25, 0.3) is 5.69 Å². The summed E-state index contributed by atoms with van der Waals surface area (Å²) >= 11 is 0. The van der Waals surface area contributed by atoms with Crippen LogP contribution in [0.2, 0.25) is 0 Å². The van der Waals surface area contributed by atoms with Gasteiger partial charge in [-0.05, 0) is 41.2 Å². The Morgan fingerprint density at radius 3 is 2.12 bits per heavy atom. The van der Waals surface area contributed by atoms with Crippen molar-refractivity contribution in [3.05, 3.63) is 105 Å². The van der Waals surface area contributed by atoms with E-state index < -0.39 is 22.2 Å². The number of nitro benzene ring substituents is 1. The van der Waals surface area contributed by atoms with Gasteiger partial charge in [-0.15, -0.1) is 0 Å². The highest BCUT2D eigenvalue weighted by molar-refractivity contribution is 6.24. The number of nitrogens with zero attached hydrogens (tertiary/aromatic N) is 2. The Kier molecular flexibility index (Phi) is 3.97. The largest absolute Gasteiger partial charge is 0.274 e. The molecule has 3 aromatic carbocycles. The molecule has 2 amide bonds. The molecule has 6 nitrogen and oxygen atoms in total. The van der Waals surface area contributed by atoms with Crippen molar-refractivity contribution >= 4 is 23.2 Å². The van der Waals surface area contributed by atoms with Crippen LogP contribution in [0.4, 0.5) is 11.4 Å². The highest BCUT2D eigenvalue weighted by Crippen LogP contribution is 2.65. The third kappa shape index (κ3) is 2.28. The van der Waals surface area contributed by atoms with E-state index in [0.29, 0.717) is 17.7 Å². The molecule has 1 fully saturated rings. The standard InChI is InChI=1S/C27H22N2O4/c1-3-27-19-10-6-4-8-17(19)22(18-9-5-7-11-20(18)27)23-24(27)26(31)28(25(23)30)21-14-16(29(32)33)13-12-15(21)2/h4-14,22-24H,3H2,1-2H3/t22?,23-,24+,27?/m1/s1. The Labute approximate surface area is 191 Å². The first-order valence-electron chi connectivity index (χ1n) is 11.2. The van der Waals surface area contributed by atoms with Crippen molar-refractivity contribution in [2.45, 2.75) is 31.6 Å². The number of carbonyl (C=O) groups excluding carboxylic acids is 2. The third-order valence-electron chi connectivity index (χ3n) is 8.00. The molecule has 0 unspecified atom stereocenters. The molecule has 0 spiro atoms. The third-order valence-corrected chi connectivity index (χ3v) is 8.00. The molecular formula is C27H22N2O4. The average Bonchev–Trinajstić information content (AvgIpc) is 3.10. The molecule has 33 heavy (non-hydrogen) atoms. The van der Waals surface area contributed by atoms with Crippen LogP contribution in [-0.2, 0) is 15.0 Å². The van der Waals surface area contributed by atoms with Crippen LogP contribution in [-0.4, -0.2) is 16.7 Å². The van der Waals surface area contributed by atoms with Crippen LogP contribution in [0.3, 0.4) is 0 Å². The first-order valence-corrected chi connectivity index (χ1v) is 11.2. The fourth-order valence-corrected chi connectivity index (χ4v) is 6.72. The summed E-state index contributed by atoms with van der Waals surface area (Å²) in [6, 6.07) is 20.7. The van der Waals surface area contributed by atoms with Gasteiger partial charge in [0.2, 0.25) is 11.8 Å². The van der Waals surface area contributed by atoms with Crippen LogP contribution in [0, 0.1) is 28.9 Å². The number of amides is 2. The number of hydrogen-bond donors (Lipinski definition) is 0. The van der Waals surface area contributed by atoms with Crippen LogP contribution in [0.1, 0.15) is 47.1 Å². The fourth-order valence-electron chi connectivity index (χ4n) is 6.72. The van der Waals surface area contributed by atoms with Gasteiger partial charge in [-0.25, -0.2) is 4.90 Å². The molecule has 2 bridgehead atoms. The van der Waals surface area contributed by atoms with Crippen LogP contribution in [0.25, 0.3) is 0 Å². The second-order valence-electron chi connectivity index (χ2n) is 9.22. The van der Waals surface area contributed by atoms with Gasteiger partial charge < -0.3 is 0 Å². The summed E-state index contributed by atoms with van der Waals surface area (Å²) in [7, 11) is 0. The maximum absolute atomic E-state index is 14.1. The molecule has 1 saturated heterocycles. The lowest BCUT2D eigenvalue weighted by atomic mass is 9.46. The number of carbonyl (C=O) groups is 2. The number of nitro groups is 1. The molecule has 2 atom stereocenters. The predicted molar refractivity (Wildman–Crippen MR) is 123 cm³/mol. The zero-order valence-corrected chi connectivity index (χ0v) is 18.3. The van der Waals surface area contributed by atoms with Gasteiger partial charge in [-0.3, -0.25) is 19.7 Å². The Morgan fingerprint density at radius 1 is 0.939 bits per heavy atom. The SMILES string of the molecule is CCC12c3ccccc3C(c3ccccc31)[C@H]1C(=O)N(c3cc([N+](=O)[O-])ccc3C)C(=O)[C@H]12. The highest BCUT2D eigenvalue weighted by atomic mass is 16.6. The number of aryl methyl sites for hydroxylation is 1. The number of rotatable bonds is 3. The molecule has 0 N–H and O–H groups in total. The van der Waals surface area contributed by atoms with Crippen LogP contribution >= 0.6 is 0 Å². The highest BCUT2D eigenvalue weighted by Gasteiger charge is 2.67. The summed E-state index contributed by atoms with van der Waals surface area (Å²) in [5, 5.41) is 11.4. The molecule has 6 heteroatoms. The minimum Gasteiger partial charge on any atom is -0.274 e. The topological polar surface area (TPSA) is 80.5 Å². The van der Waals surface area contributed by atoms with Gasteiger partial charge in [0, 0.05) is 23.5 Å². The zero-order valence-electron chi connectivity index (χ0n) is 18.3. The van der Waals surface area contributed by atoms with Gasteiger partial charge in [-0.2, -0.15) is 0 Å². The summed E-state index contributed by atoms with van der Waals surface area (Å²) in [5.41, 5.74) is 4.69. The van der Waals surface area contributed by atoms with Crippen LogP contribution in [0.15, 0.2) is 66.7 Å². The minimum atomic E-state index is -0.608. The van der Waals surface area contributed by atoms with E-state index >= 15 is 0 Å². The molecule has 0 radical (unpaired) electrons. The fraction of sp³-hybridized carbons (Fsp3) is 0.259. The molecule has 3 aromatic rings. The normalized spacial score (nSPS) is 26.7. The van der Waals surface area contributed by atoms with Crippen LogP contribution in [0.5, 0.6) is 0 Å². The van der Waals surface area contributed by atoms with Crippen molar-refractivity contribution in [3.8, 4) is 0 Å². The summed E-state index contributed by atoms with van der Waals surface area (Å²) in [6.07, 6.45) is 0.676. The molecule has 1 aliphatic heterocycles. The molecular weight excluding hydrogens is 416 g/mol. The minimum absolute atomic E-state index is 0.133. The van der Waals surface area contributed by atoms with Crippen molar-refractivity contribution in [1.29, 1.82) is 0 Å². The Balaban J connectivity index is 1.62. The van der Waals surface area contributed by atoms with Crippen molar-refractivity contribution in [3.63, 3.8) is 0 Å². The monoisotopic (exact) mass is 438 g/mol. The number of anilines is 1. The summed E-state index contributed by atoms with van der Waals surface area (Å²) in [5.74, 6) is -1.80. The maximum Gasteiger partial charge on any atom is 0.271 e. The van der Waals surface area contributed by atoms with Crippen molar-refractivity contribution in [1.82, 2.24) is 0 Å². The maximum atomic E-state index is 14.1. The number of hydrogen-bond acceptors (Lipinski definition) is 4. The molecule has 4 aliphatic rings. The van der Waals surface area contributed by atoms with E-state index in [1.54, 1.807) is 13.0 Å². The van der Waals surface area contributed by atoms with Gasteiger partial charge in [-0.1, -0.05) is 61.5 Å². The molecule has 0 saturated carbocycles. The van der Waals surface area contributed by atoms with Crippen molar-refractivity contribution in [2.24, 2.45) is 11.8 Å². The van der Waals surface area contributed by atoms with E-state index in [9.17, 15) is 19.7 Å². The number of non-ortho nitro benzene ring substituents is 1. The molecule has 3 aliphatic carbocycles. The van der Waals surface area contributed by atoms with Gasteiger partial charge in [0.1, 0.15) is 0 Å². The quantitative estimate of drug-likeness (QED) is 0.332. The lowest BCUT2D eigenvalue weighted by Gasteiger charge is -2.54. The Morgan fingerprint density at radius 2 is 1.55 bits per heavy atom. The van der Waals surface area contributed by atoms with Gasteiger partial charge in [0.05, 0.1) is 22.4 Å². The van der Waals surface area contributed by atoms with Gasteiger partial charge >= 0.3 is 0 Å². The van der Waals surface area contributed by atoms with Crippen molar-refractivity contribution in [2.75, 3.05) is 4.90 Å². The van der Waals surface area contributed by atoms with E-state index in [2.05, 4.69) is 31.2 Å². The Bertz CT molecular complexity index is 1330. The average molecular weight is 438 g/mol. The van der Waals surface area contributed by atoms with E-state index in [4.69, 9.17) is 0 Å². The number of benzene rings is 3. The van der Waals surface area contributed by atoms with E-state index in [1.165, 1.54) is 17.0 Å². The zero-order chi connectivity index (χ0) is 23.1. The summed E-state index contributed by atoms with van der Waals surface area (Å²) in [6.45, 7) is 3.85. The predicted octanol–water partition coefficient (Wildman–Crippen LogP) is 4.86. The molecule has 7 rings (SSSR count). The number of imide groups is 1. The lowest BCUT2D eigenvalue weighted by molar-refractivity contribution is -0.384. The first-order chi connectivity index (χ1) is 15.9. The molecule has 164 valence electrons. The smallest absolute Gasteiger partial charge is 0.271 e. The van der Waals surface area contributed by atoms with Crippen LogP contribution < -0.4 is 4.90 Å².